The number of hydrogen-bond donors (Lipinski definition) is 1. The normalized spacial score (nSPS) is 9.86. The highest BCUT2D eigenvalue weighted by molar-refractivity contribution is 5.93. The molecule has 0 radical (unpaired) electrons. The lowest BCUT2D eigenvalue weighted by molar-refractivity contribution is -0.124. The van der Waals surface area contributed by atoms with E-state index in [2.05, 4.69) is 17.2 Å². The summed E-state index contributed by atoms with van der Waals surface area (Å²) in [5.74, 6) is 6.01. The molecule has 0 saturated heterocycles. The monoisotopic (exact) mass is 300 g/mol. The number of carbonyl (C=O) groups is 2. The topological polar surface area (TPSA) is 49.4 Å². The van der Waals surface area contributed by atoms with Crippen molar-refractivity contribution < 1.29 is 9.59 Å². The first-order valence-electron chi connectivity index (χ1n) is 7.57. The fourth-order valence-corrected chi connectivity index (χ4v) is 2.04. The standard InChI is InChI=1S/C18H24N2O2/c1-5-15(6-2)17(21)19-13-7-8-14-9-11-16(12-10-14)18(22)20(3)4/h9-12,15H,5-6,13H2,1-4H3,(H,19,21). The third-order valence-corrected chi connectivity index (χ3v) is 3.48. The van der Waals surface area contributed by atoms with Crippen molar-refractivity contribution in [2.45, 2.75) is 26.7 Å². The second-order valence-electron chi connectivity index (χ2n) is 5.31. The molecule has 0 saturated carbocycles. The average molecular weight is 300 g/mol. The van der Waals surface area contributed by atoms with Crippen LogP contribution in [0.1, 0.15) is 42.6 Å². The van der Waals surface area contributed by atoms with Gasteiger partial charge in [-0.3, -0.25) is 9.59 Å². The Labute approximate surface area is 132 Å². The van der Waals surface area contributed by atoms with Crippen molar-refractivity contribution in [1.29, 1.82) is 0 Å². The Morgan fingerprint density at radius 3 is 2.23 bits per heavy atom. The molecule has 0 aliphatic heterocycles. The number of hydrogen-bond acceptors (Lipinski definition) is 2. The molecule has 0 fully saturated rings. The maximum atomic E-state index is 11.8. The molecule has 2 amide bonds. The Morgan fingerprint density at radius 1 is 1.14 bits per heavy atom. The SMILES string of the molecule is CCC(CC)C(=O)NCC#Cc1ccc(C(=O)N(C)C)cc1. The Kier molecular flexibility index (Phi) is 7.18. The highest BCUT2D eigenvalue weighted by Gasteiger charge is 2.12. The quantitative estimate of drug-likeness (QED) is 0.848. The lowest BCUT2D eigenvalue weighted by atomic mass is 10.0. The zero-order valence-electron chi connectivity index (χ0n) is 13.8. The first-order chi connectivity index (χ1) is 10.5. The van der Waals surface area contributed by atoms with Gasteiger partial charge in [0.05, 0.1) is 6.54 Å². The summed E-state index contributed by atoms with van der Waals surface area (Å²) in [5, 5.41) is 2.83. The van der Waals surface area contributed by atoms with Crippen molar-refractivity contribution in [2.75, 3.05) is 20.6 Å². The van der Waals surface area contributed by atoms with E-state index in [9.17, 15) is 9.59 Å². The first kappa shape index (κ1) is 17.8. The smallest absolute Gasteiger partial charge is 0.253 e. The summed E-state index contributed by atoms with van der Waals surface area (Å²) in [6, 6.07) is 7.14. The maximum Gasteiger partial charge on any atom is 0.253 e. The predicted molar refractivity (Wildman–Crippen MR) is 88.4 cm³/mol. The molecule has 0 bridgehead atoms. The molecule has 0 aromatic heterocycles. The molecule has 0 heterocycles. The van der Waals surface area contributed by atoms with Gasteiger partial charge in [-0.2, -0.15) is 0 Å². The van der Waals surface area contributed by atoms with Crippen LogP contribution >= 0.6 is 0 Å². The number of carbonyl (C=O) groups excluding carboxylic acids is 2. The molecule has 1 aromatic carbocycles. The average Bonchev–Trinajstić information content (AvgIpc) is 2.52. The minimum Gasteiger partial charge on any atom is -0.345 e. The summed E-state index contributed by atoms with van der Waals surface area (Å²) in [6.07, 6.45) is 1.69. The van der Waals surface area contributed by atoms with Gasteiger partial charge >= 0.3 is 0 Å². The van der Waals surface area contributed by atoms with E-state index in [4.69, 9.17) is 0 Å². The van der Waals surface area contributed by atoms with Crippen LogP contribution in [-0.2, 0) is 4.79 Å². The van der Waals surface area contributed by atoms with Gasteiger partial charge < -0.3 is 10.2 Å². The number of benzene rings is 1. The summed E-state index contributed by atoms with van der Waals surface area (Å²) in [7, 11) is 3.44. The van der Waals surface area contributed by atoms with Gasteiger partial charge in [-0.15, -0.1) is 0 Å². The van der Waals surface area contributed by atoms with Crippen molar-refractivity contribution in [3.63, 3.8) is 0 Å². The predicted octanol–water partition coefficient (Wildman–Crippen LogP) is 2.29. The molecule has 0 aliphatic carbocycles. The number of rotatable bonds is 5. The van der Waals surface area contributed by atoms with Crippen LogP contribution in [0.5, 0.6) is 0 Å². The van der Waals surface area contributed by atoms with Crippen LogP contribution in [0.2, 0.25) is 0 Å². The lowest BCUT2D eigenvalue weighted by Crippen LogP contribution is -2.30. The summed E-state index contributed by atoms with van der Waals surface area (Å²) < 4.78 is 0. The molecule has 22 heavy (non-hydrogen) atoms. The largest absolute Gasteiger partial charge is 0.345 e. The van der Waals surface area contributed by atoms with Gasteiger partial charge in [-0.25, -0.2) is 0 Å². The van der Waals surface area contributed by atoms with Gasteiger partial charge in [0, 0.05) is 31.1 Å². The summed E-state index contributed by atoms with van der Waals surface area (Å²) in [4.78, 5) is 25.1. The van der Waals surface area contributed by atoms with Gasteiger partial charge in [-0.1, -0.05) is 25.7 Å². The zero-order valence-corrected chi connectivity index (χ0v) is 13.8. The highest BCUT2D eigenvalue weighted by Crippen LogP contribution is 2.07. The number of nitrogens with zero attached hydrogens (tertiary/aromatic N) is 1. The summed E-state index contributed by atoms with van der Waals surface area (Å²) in [5.41, 5.74) is 1.46. The molecular formula is C18H24N2O2. The molecule has 0 unspecified atom stereocenters. The Balaban J connectivity index is 2.55. The summed E-state index contributed by atoms with van der Waals surface area (Å²) in [6.45, 7) is 4.36. The zero-order chi connectivity index (χ0) is 16.5. The third-order valence-electron chi connectivity index (χ3n) is 3.48. The van der Waals surface area contributed by atoms with E-state index in [0.29, 0.717) is 12.1 Å². The van der Waals surface area contributed by atoms with Gasteiger partial charge in [0.1, 0.15) is 0 Å². The van der Waals surface area contributed by atoms with Crippen molar-refractivity contribution in [3.05, 3.63) is 35.4 Å². The van der Waals surface area contributed by atoms with Crippen LogP contribution in [0.3, 0.4) is 0 Å². The van der Waals surface area contributed by atoms with Gasteiger partial charge in [0.15, 0.2) is 0 Å². The number of nitrogens with one attached hydrogen (secondary N) is 1. The molecule has 1 N–H and O–H groups in total. The second-order valence-corrected chi connectivity index (χ2v) is 5.31. The van der Waals surface area contributed by atoms with E-state index >= 15 is 0 Å². The van der Waals surface area contributed by atoms with Crippen molar-refractivity contribution in [3.8, 4) is 11.8 Å². The Bertz CT molecular complexity index is 561. The van der Waals surface area contributed by atoms with Crippen LogP contribution in [0, 0.1) is 17.8 Å². The first-order valence-corrected chi connectivity index (χ1v) is 7.57. The van der Waals surface area contributed by atoms with E-state index in [1.807, 2.05) is 26.0 Å². The van der Waals surface area contributed by atoms with Crippen LogP contribution in [-0.4, -0.2) is 37.4 Å². The molecular weight excluding hydrogens is 276 g/mol. The van der Waals surface area contributed by atoms with Crippen molar-refractivity contribution in [2.24, 2.45) is 5.92 Å². The third kappa shape index (κ3) is 5.25. The van der Waals surface area contributed by atoms with E-state index in [1.165, 1.54) is 4.90 Å². The van der Waals surface area contributed by atoms with E-state index in [1.54, 1.807) is 26.2 Å². The second kappa shape index (κ2) is 8.89. The van der Waals surface area contributed by atoms with Crippen molar-refractivity contribution >= 4 is 11.8 Å². The molecule has 4 nitrogen and oxygen atoms in total. The fourth-order valence-electron chi connectivity index (χ4n) is 2.04. The minimum absolute atomic E-state index is 0.0306. The molecule has 118 valence electrons. The van der Waals surface area contributed by atoms with E-state index in [-0.39, 0.29) is 17.7 Å². The van der Waals surface area contributed by atoms with E-state index < -0.39 is 0 Å². The molecule has 0 atom stereocenters. The van der Waals surface area contributed by atoms with Gasteiger partial charge in [0.2, 0.25) is 5.91 Å². The molecule has 0 aliphatic rings. The highest BCUT2D eigenvalue weighted by atomic mass is 16.2. The van der Waals surface area contributed by atoms with Gasteiger partial charge in [-0.05, 0) is 37.1 Å². The maximum absolute atomic E-state index is 11.8. The number of amides is 2. The van der Waals surface area contributed by atoms with Crippen molar-refractivity contribution in [1.82, 2.24) is 10.2 Å². The molecule has 4 heteroatoms. The lowest BCUT2D eigenvalue weighted by Gasteiger charge is -2.10. The van der Waals surface area contributed by atoms with Crippen LogP contribution in [0.4, 0.5) is 0 Å². The van der Waals surface area contributed by atoms with Gasteiger partial charge in [0.25, 0.3) is 5.91 Å². The van der Waals surface area contributed by atoms with Crippen LogP contribution < -0.4 is 5.32 Å². The summed E-state index contributed by atoms with van der Waals surface area (Å²) >= 11 is 0. The van der Waals surface area contributed by atoms with Crippen LogP contribution in [0.15, 0.2) is 24.3 Å². The van der Waals surface area contributed by atoms with Crippen LogP contribution in [0.25, 0.3) is 0 Å². The Hall–Kier alpha value is -2.28. The molecule has 0 spiro atoms. The minimum atomic E-state index is -0.0306. The molecule has 1 aromatic rings. The fraction of sp³-hybridized carbons (Fsp3) is 0.444. The van der Waals surface area contributed by atoms with E-state index in [0.717, 1.165) is 18.4 Å². The molecule has 1 rings (SSSR count). The Morgan fingerprint density at radius 2 is 1.73 bits per heavy atom.